The molecule has 1 saturated carbocycles. The highest BCUT2D eigenvalue weighted by atomic mass is 16.5. The number of ether oxygens (including phenoxy) is 1. The second-order valence-electron chi connectivity index (χ2n) is 12.5. The lowest BCUT2D eigenvalue weighted by Gasteiger charge is -2.32. The van der Waals surface area contributed by atoms with E-state index in [9.17, 15) is 9.90 Å². The lowest BCUT2D eigenvalue weighted by atomic mass is 9.92. The molecule has 0 unspecified atom stereocenters. The normalized spacial score (nSPS) is 17.4. The highest BCUT2D eigenvalue weighted by molar-refractivity contribution is 5.80. The van der Waals surface area contributed by atoms with Gasteiger partial charge in [0, 0.05) is 29.7 Å². The minimum Gasteiger partial charge on any atom is -0.388 e. The molecule has 3 aromatic heterocycles. The standard InChI is InChI=1S/C34H41N7O3/c1-4-5-10-30-29(21-23-11-13-24(14-12-23)27-8-6-7-9-28(27)32-36-38-39-37-32)33(42)40(31-19-20-35-41(30)31)25-15-17-26(18-16-25)44-22-34(2,3)43/h6-9,11-14,19-20,25-26,43H,4-5,10,15-18,21-22H2,1-3H3,(H,36,37,38,39). The molecule has 2 aromatic carbocycles. The molecule has 0 spiro atoms. The summed E-state index contributed by atoms with van der Waals surface area (Å²) in [6, 6.07) is 18.5. The number of benzene rings is 2. The molecular weight excluding hydrogens is 554 g/mol. The van der Waals surface area contributed by atoms with Crippen LogP contribution >= 0.6 is 0 Å². The van der Waals surface area contributed by atoms with Crippen LogP contribution in [0.5, 0.6) is 0 Å². The van der Waals surface area contributed by atoms with E-state index in [4.69, 9.17) is 9.84 Å². The predicted octanol–water partition coefficient (Wildman–Crippen LogP) is 5.55. The van der Waals surface area contributed by atoms with Crippen LogP contribution in [-0.2, 0) is 17.6 Å². The zero-order valence-electron chi connectivity index (χ0n) is 25.7. The summed E-state index contributed by atoms with van der Waals surface area (Å²) in [5.41, 5.74) is 5.99. The number of aryl methyl sites for hydroxylation is 1. The molecule has 3 heterocycles. The lowest BCUT2D eigenvalue weighted by Crippen LogP contribution is -2.36. The molecule has 5 aromatic rings. The molecule has 44 heavy (non-hydrogen) atoms. The van der Waals surface area contributed by atoms with Crippen molar-refractivity contribution in [1.82, 2.24) is 34.8 Å². The molecule has 10 heteroatoms. The van der Waals surface area contributed by atoms with E-state index in [-0.39, 0.29) is 17.7 Å². The number of aliphatic hydroxyl groups is 1. The Morgan fingerprint density at radius 3 is 2.45 bits per heavy atom. The maximum Gasteiger partial charge on any atom is 0.257 e. The molecule has 0 bridgehead atoms. The van der Waals surface area contributed by atoms with Crippen molar-refractivity contribution in [2.24, 2.45) is 0 Å². The number of hydrogen-bond acceptors (Lipinski definition) is 7. The lowest BCUT2D eigenvalue weighted by molar-refractivity contribution is -0.0654. The van der Waals surface area contributed by atoms with E-state index >= 15 is 0 Å². The summed E-state index contributed by atoms with van der Waals surface area (Å²) >= 11 is 0. The molecule has 1 aliphatic carbocycles. The van der Waals surface area contributed by atoms with Gasteiger partial charge in [0.15, 0.2) is 5.82 Å². The van der Waals surface area contributed by atoms with Crippen LogP contribution in [-0.4, -0.2) is 58.2 Å². The van der Waals surface area contributed by atoms with Crippen molar-refractivity contribution in [2.45, 2.75) is 89.9 Å². The molecule has 0 radical (unpaired) electrons. The maximum absolute atomic E-state index is 14.4. The summed E-state index contributed by atoms with van der Waals surface area (Å²) in [4.78, 5) is 14.4. The third kappa shape index (κ3) is 6.37. The zero-order valence-corrected chi connectivity index (χ0v) is 25.7. The van der Waals surface area contributed by atoms with Gasteiger partial charge in [-0.25, -0.2) is 9.61 Å². The first-order chi connectivity index (χ1) is 21.3. The van der Waals surface area contributed by atoms with E-state index in [2.05, 4.69) is 57.9 Å². The number of unbranched alkanes of at least 4 members (excludes halogenated alkanes) is 1. The number of nitrogens with one attached hydrogen (secondary N) is 1. The highest BCUT2D eigenvalue weighted by Crippen LogP contribution is 2.33. The van der Waals surface area contributed by atoms with Crippen LogP contribution in [0.1, 0.15) is 82.2 Å². The average molecular weight is 596 g/mol. The third-order valence-corrected chi connectivity index (χ3v) is 8.57. The number of tetrazole rings is 1. The summed E-state index contributed by atoms with van der Waals surface area (Å²) in [6.45, 7) is 6.01. The van der Waals surface area contributed by atoms with Gasteiger partial charge in [0.1, 0.15) is 5.65 Å². The Morgan fingerprint density at radius 1 is 1.02 bits per heavy atom. The molecule has 230 valence electrons. The van der Waals surface area contributed by atoms with Gasteiger partial charge in [-0.1, -0.05) is 61.9 Å². The van der Waals surface area contributed by atoms with Gasteiger partial charge in [-0.15, -0.1) is 5.10 Å². The highest BCUT2D eigenvalue weighted by Gasteiger charge is 2.28. The summed E-state index contributed by atoms with van der Waals surface area (Å²) < 4.78 is 9.99. The second kappa shape index (κ2) is 12.8. The number of nitrogens with zero attached hydrogens (tertiary/aromatic N) is 6. The van der Waals surface area contributed by atoms with Crippen molar-refractivity contribution in [3.8, 4) is 22.5 Å². The smallest absolute Gasteiger partial charge is 0.257 e. The fourth-order valence-electron chi connectivity index (χ4n) is 6.33. The van der Waals surface area contributed by atoms with Gasteiger partial charge < -0.3 is 9.84 Å². The van der Waals surface area contributed by atoms with Gasteiger partial charge in [0.25, 0.3) is 5.56 Å². The first-order valence-corrected chi connectivity index (χ1v) is 15.7. The molecule has 1 aliphatic rings. The number of aromatic nitrogens is 7. The van der Waals surface area contributed by atoms with Crippen molar-refractivity contribution in [2.75, 3.05) is 6.61 Å². The van der Waals surface area contributed by atoms with E-state index in [1.807, 2.05) is 33.3 Å². The number of rotatable bonds is 11. The number of fused-ring (bicyclic) bond motifs is 1. The Hall–Kier alpha value is -4.15. The van der Waals surface area contributed by atoms with Crippen molar-refractivity contribution in [3.63, 3.8) is 0 Å². The quantitative estimate of drug-likeness (QED) is 0.205. The monoisotopic (exact) mass is 595 g/mol. The fourth-order valence-corrected chi connectivity index (χ4v) is 6.33. The molecule has 0 amide bonds. The predicted molar refractivity (Wildman–Crippen MR) is 169 cm³/mol. The van der Waals surface area contributed by atoms with Crippen LogP contribution < -0.4 is 5.56 Å². The summed E-state index contributed by atoms with van der Waals surface area (Å²) in [5, 5.41) is 29.2. The van der Waals surface area contributed by atoms with Gasteiger partial charge in [0.05, 0.1) is 30.2 Å². The van der Waals surface area contributed by atoms with Crippen LogP contribution in [0.3, 0.4) is 0 Å². The molecule has 10 nitrogen and oxygen atoms in total. The Labute approximate surface area is 257 Å². The van der Waals surface area contributed by atoms with Gasteiger partial charge in [-0.3, -0.25) is 9.36 Å². The maximum atomic E-state index is 14.4. The molecule has 0 saturated heterocycles. The van der Waals surface area contributed by atoms with Crippen LogP contribution in [0.2, 0.25) is 0 Å². The Bertz CT molecular complexity index is 1740. The van der Waals surface area contributed by atoms with Gasteiger partial charge >= 0.3 is 0 Å². The first kappa shape index (κ1) is 29.9. The minimum absolute atomic E-state index is 0.0760. The Kier molecular flexibility index (Phi) is 8.72. The summed E-state index contributed by atoms with van der Waals surface area (Å²) in [7, 11) is 0. The fraction of sp³-hybridized carbons (Fsp3) is 0.441. The molecule has 2 N–H and O–H groups in total. The zero-order chi connectivity index (χ0) is 30.7. The number of H-pyrrole nitrogens is 1. The SMILES string of the molecule is CCCCc1c(Cc2ccc(-c3ccccc3-c3nnn[nH]3)cc2)c(=O)n(C2CCC(OCC(C)(C)O)CC2)c2ccnn12. The van der Waals surface area contributed by atoms with Crippen LogP contribution in [0.4, 0.5) is 0 Å². The second-order valence-corrected chi connectivity index (χ2v) is 12.5. The summed E-state index contributed by atoms with van der Waals surface area (Å²) in [6.07, 6.45) is 8.66. The average Bonchev–Trinajstić information content (AvgIpc) is 3.74. The molecule has 1 fully saturated rings. The van der Waals surface area contributed by atoms with Gasteiger partial charge in [-0.05, 0) is 79.5 Å². The van der Waals surface area contributed by atoms with Crippen LogP contribution in [0.15, 0.2) is 65.6 Å². The molecular formula is C34H41N7O3. The number of aromatic amines is 1. The van der Waals surface area contributed by atoms with Crippen molar-refractivity contribution >= 4 is 5.65 Å². The van der Waals surface area contributed by atoms with Crippen molar-refractivity contribution in [3.05, 3.63) is 88.0 Å². The van der Waals surface area contributed by atoms with Gasteiger partial charge in [-0.2, -0.15) is 5.10 Å². The number of hydrogen-bond donors (Lipinski definition) is 2. The van der Waals surface area contributed by atoms with E-state index in [1.165, 1.54) is 0 Å². The van der Waals surface area contributed by atoms with Crippen LogP contribution in [0, 0.1) is 0 Å². The Morgan fingerprint density at radius 2 is 1.77 bits per heavy atom. The van der Waals surface area contributed by atoms with E-state index in [0.717, 1.165) is 84.1 Å². The van der Waals surface area contributed by atoms with Gasteiger partial charge in [0.2, 0.25) is 0 Å². The van der Waals surface area contributed by atoms with E-state index in [1.54, 1.807) is 20.0 Å². The topological polar surface area (TPSA) is 123 Å². The van der Waals surface area contributed by atoms with E-state index < -0.39 is 5.60 Å². The Balaban J connectivity index is 1.31. The van der Waals surface area contributed by atoms with Crippen molar-refractivity contribution < 1.29 is 9.84 Å². The minimum atomic E-state index is -0.850. The first-order valence-electron chi connectivity index (χ1n) is 15.7. The third-order valence-electron chi connectivity index (χ3n) is 8.57. The molecule has 6 rings (SSSR count). The summed E-state index contributed by atoms with van der Waals surface area (Å²) in [5.74, 6) is 0.621. The van der Waals surface area contributed by atoms with E-state index in [0.29, 0.717) is 18.9 Å². The molecule has 0 atom stereocenters. The largest absolute Gasteiger partial charge is 0.388 e. The van der Waals surface area contributed by atoms with Crippen molar-refractivity contribution in [1.29, 1.82) is 0 Å². The van der Waals surface area contributed by atoms with Crippen LogP contribution in [0.25, 0.3) is 28.2 Å². The molecule has 0 aliphatic heterocycles.